The quantitative estimate of drug-likeness (QED) is 0.604. The summed E-state index contributed by atoms with van der Waals surface area (Å²) in [4.78, 5) is 2.45. The van der Waals surface area contributed by atoms with E-state index < -0.39 is 0 Å². The third-order valence-electron chi connectivity index (χ3n) is 3.58. The fraction of sp³-hybridized carbons (Fsp3) is 0.647. The first kappa shape index (κ1) is 24.6. The predicted octanol–water partition coefficient (Wildman–Crippen LogP) is 3.76. The van der Waals surface area contributed by atoms with E-state index in [0.29, 0.717) is 6.61 Å². The Labute approximate surface area is 153 Å². The minimum absolute atomic E-state index is 0. The van der Waals surface area contributed by atoms with Gasteiger partial charge in [-0.15, -0.1) is 24.8 Å². The van der Waals surface area contributed by atoms with Crippen molar-refractivity contribution in [3.63, 3.8) is 0 Å². The van der Waals surface area contributed by atoms with Crippen LogP contribution in [0.1, 0.15) is 32.8 Å². The van der Waals surface area contributed by atoms with Gasteiger partial charge in [0.2, 0.25) is 0 Å². The van der Waals surface area contributed by atoms with Gasteiger partial charge in [-0.1, -0.05) is 19.9 Å². The second kappa shape index (κ2) is 14.9. The highest BCUT2D eigenvalue weighted by Gasteiger charge is 2.05. The summed E-state index contributed by atoms with van der Waals surface area (Å²) in [6, 6.07) is 6.11. The number of rotatable bonds is 11. The molecule has 136 valence electrons. The lowest BCUT2D eigenvalue weighted by atomic mass is 10.2. The molecule has 0 saturated carbocycles. The van der Waals surface area contributed by atoms with Gasteiger partial charge >= 0.3 is 0 Å². The van der Waals surface area contributed by atoms with Crippen LogP contribution in [0.5, 0.6) is 11.5 Å². The molecule has 23 heavy (non-hydrogen) atoms. The first-order chi connectivity index (χ1) is 10.2. The van der Waals surface area contributed by atoms with Crippen molar-refractivity contribution in [2.24, 2.45) is 0 Å². The molecule has 0 spiro atoms. The number of ether oxygens (including phenoxy) is 2. The van der Waals surface area contributed by atoms with Gasteiger partial charge < -0.3 is 19.7 Å². The average molecular weight is 367 g/mol. The van der Waals surface area contributed by atoms with Gasteiger partial charge in [0.05, 0.1) is 13.7 Å². The molecular formula is C17H32Cl2N2O2. The lowest BCUT2D eigenvalue weighted by Crippen LogP contribution is -2.27. The van der Waals surface area contributed by atoms with Crippen LogP contribution in [0.3, 0.4) is 0 Å². The van der Waals surface area contributed by atoms with Gasteiger partial charge in [0, 0.05) is 6.54 Å². The van der Waals surface area contributed by atoms with Crippen molar-refractivity contribution in [3.8, 4) is 11.5 Å². The maximum Gasteiger partial charge on any atom is 0.161 e. The zero-order chi connectivity index (χ0) is 15.5. The minimum atomic E-state index is 0. The summed E-state index contributed by atoms with van der Waals surface area (Å²) in [5, 5.41) is 3.48. The maximum absolute atomic E-state index is 5.53. The molecule has 0 aliphatic heterocycles. The molecule has 0 radical (unpaired) electrons. The summed E-state index contributed by atoms with van der Waals surface area (Å²) in [6.07, 6.45) is 1.18. The van der Waals surface area contributed by atoms with Crippen molar-refractivity contribution in [2.45, 2.75) is 33.7 Å². The van der Waals surface area contributed by atoms with Crippen LogP contribution in [0.2, 0.25) is 0 Å². The Balaban J connectivity index is 0. The summed E-state index contributed by atoms with van der Waals surface area (Å²) >= 11 is 0. The van der Waals surface area contributed by atoms with Crippen LogP contribution in [0, 0.1) is 0 Å². The second-order valence-corrected chi connectivity index (χ2v) is 4.98. The third kappa shape index (κ3) is 9.26. The molecular weight excluding hydrogens is 335 g/mol. The molecule has 0 heterocycles. The van der Waals surface area contributed by atoms with Gasteiger partial charge in [-0.05, 0) is 57.2 Å². The Morgan fingerprint density at radius 1 is 1.04 bits per heavy atom. The van der Waals surface area contributed by atoms with Crippen molar-refractivity contribution in [2.75, 3.05) is 39.9 Å². The molecule has 0 fully saturated rings. The minimum Gasteiger partial charge on any atom is -0.493 e. The zero-order valence-corrected chi connectivity index (χ0v) is 16.4. The van der Waals surface area contributed by atoms with Crippen molar-refractivity contribution < 1.29 is 9.47 Å². The van der Waals surface area contributed by atoms with E-state index in [4.69, 9.17) is 9.47 Å². The molecule has 0 bridgehead atoms. The summed E-state index contributed by atoms with van der Waals surface area (Å²) in [5.74, 6) is 1.62. The lowest BCUT2D eigenvalue weighted by molar-refractivity contribution is 0.298. The Bertz CT molecular complexity index is 402. The van der Waals surface area contributed by atoms with Gasteiger partial charge in [0.25, 0.3) is 0 Å². The van der Waals surface area contributed by atoms with Crippen molar-refractivity contribution in [1.29, 1.82) is 0 Å². The van der Waals surface area contributed by atoms with Crippen molar-refractivity contribution >= 4 is 24.8 Å². The van der Waals surface area contributed by atoms with Gasteiger partial charge in [-0.3, -0.25) is 0 Å². The summed E-state index contributed by atoms with van der Waals surface area (Å²) in [5.41, 5.74) is 1.22. The Hall–Kier alpha value is -0.680. The van der Waals surface area contributed by atoms with Gasteiger partial charge in [0.1, 0.15) is 0 Å². The van der Waals surface area contributed by atoms with Gasteiger partial charge in [-0.25, -0.2) is 0 Å². The predicted molar refractivity (Wildman–Crippen MR) is 103 cm³/mol. The molecule has 0 amide bonds. The van der Waals surface area contributed by atoms with Crippen LogP contribution >= 0.6 is 24.8 Å². The number of nitrogens with one attached hydrogen (secondary N) is 1. The molecule has 0 atom stereocenters. The molecule has 4 nitrogen and oxygen atoms in total. The van der Waals surface area contributed by atoms with Gasteiger partial charge in [-0.2, -0.15) is 0 Å². The lowest BCUT2D eigenvalue weighted by Gasteiger charge is -2.17. The Kier molecular flexibility index (Phi) is 15.9. The van der Waals surface area contributed by atoms with Crippen molar-refractivity contribution in [1.82, 2.24) is 10.2 Å². The average Bonchev–Trinajstić information content (AvgIpc) is 2.52. The summed E-state index contributed by atoms with van der Waals surface area (Å²) in [7, 11) is 1.68. The number of hydrogen-bond acceptors (Lipinski definition) is 4. The number of nitrogens with zero attached hydrogens (tertiary/aromatic N) is 1. The molecule has 1 aromatic carbocycles. The van der Waals surface area contributed by atoms with Crippen LogP contribution < -0.4 is 14.8 Å². The van der Waals surface area contributed by atoms with Crippen LogP contribution in [-0.4, -0.2) is 44.8 Å². The standard InChI is InChI=1S/C17H30N2O2.2ClH/c1-5-19(6-2)12-8-11-18-14-15-9-10-16(21-7-3)17(13-15)20-4;;/h9-10,13,18H,5-8,11-12,14H2,1-4H3;2*1H. The summed E-state index contributed by atoms with van der Waals surface area (Å²) < 4.78 is 10.9. The van der Waals surface area contributed by atoms with E-state index in [9.17, 15) is 0 Å². The van der Waals surface area contributed by atoms with E-state index in [1.165, 1.54) is 12.0 Å². The molecule has 6 heteroatoms. The molecule has 0 aromatic heterocycles. The fourth-order valence-electron chi connectivity index (χ4n) is 2.30. The van der Waals surface area contributed by atoms with Crippen LogP contribution in [0.25, 0.3) is 0 Å². The van der Waals surface area contributed by atoms with E-state index in [1.807, 2.05) is 19.1 Å². The SMILES string of the molecule is CCOc1ccc(CNCCCN(CC)CC)cc1OC.Cl.Cl. The van der Waals surface area contributed by atoms with E-state index in [0.717, 1.165) is 44.2 Å². The molecule has 0 unspecified atom stereocenters. The maximum atomic E-state index is 5.53. The van der Waals surface area contributed by atoms with E-state index in [1.54, 1.807) is 7.11 Å². The Morgan fingerprint density at radius 3 is 2.30 bits per heavy atom. The smallest absolute Gasteiger partial charge is 0.161 e. The van der Waals surface area contributed by atoms with E-state index in [2.05, 4.69) is 30.1 Å². The normalized spacial score (nSPS) is 9.96. The topological polar surface area (TPSA) is 33.7 Å². The first-order valence-electron chi connectivity index (χ1n) is 7.97. The Morgan fingerprint density at radius 2 is 1.74 bits per heavy atom. The van der Waals surface area contributed by atoms with Crippen LogP contribution in [0.4, 0.5) is 0 Å². The monoisotopic (exact) mass is 366 g/mol. The summed E-state index contributed by atoms with van der Waals surface area (Å²) in [6.45, 7) is 12.4. The highest BCUT2D eigenvalue weighted by molar-refractivity contribution is 5.85. The first-order valence-corrected chi connectivity index (χ1v) is 7.97. The van der Waals surface area contributed by atoms with E-state index >= 15 is 0 Å². The number of methoxy groups -OCH3 is 1. The molecule has 1 rings (SSSR count). The number of halogens is 2. The molecule has 0 aliphatic carbocycles. The molecule has 1 aromatic rings. The number of benzene rings is 1. The highest BCUT2D eigenvalue weighted by atomic mass is 35.5. The molecule has 0 saturated heterocycles. The van der Waals surface area contributed by atoms with E-state index in [-0.39, 0.29) is 24.8 Å². The van der Waals surface area contributed by atoms with Crippen LogP contribution in [-0.2, 0) is 6.54 Å². The molecule has 0 aliphatic rings. The fourth-order valence-corrected chi connectivity index (χ4v) is 2.30. The van der Waals surface area contributed by atoms with Gasteiger partial charge in [0.15, 0.2) is 11.5 Å². The second-order valence-electron chi connectivity index (χ2n) is 4.98. The number of hydrogen-bond donors (Lipinski definition) is 1. The largest absolute Gasteiger partial charge is 0.493 e. The third-order valence-corrected chi connectivity index (χ3v) is 3.58. The zero-order valence-electron chi connectivity index (χ0n) is 14.8. The highest BCUT2D eigenvalue weighted by Crippen LogP contribution is 2.27. The molecule has 1 N–H and O–H groups in total. The van der Waals surface area contributed by atoms with Crippen LogP contribution in [0.15, 0.2) is 18.2 Å². The van der Waals surface area contributed by atoms with Crippen molar-refractivity contribution in [3.05, 3.63) is 23.8 Å².